The highest BCUT2D eigenvalue weighted by molar-refractivity contribution is 5.85. The van der Waals surface area contributed by atoms with Gasteiger partial charge in [0.1, 0.15) is 5.76 Å². The lowest BCUT2D eigenvalue weighted by Gasteiger charge is -2.35. The van der Waals surface area contributed by atoms with Crippen molar-refractivity contribution >= 4 is 18.3 Å². The lowest BCUT2D eigenvalue weighted by molar-refractivity contribution is -0.134. The van der Waals surface area contributed by atoms with Crippen molar-refractivity contribution in [2.75, 3.05) is 39.3 Å². The maximum atomic E-state index is 12.5. The lowest BCUT2D eigenvalue weighted by atomic mass is 9.95. The van der Waals surface area contributed by atoms with Crippen molar-refractivity contribution in [1.82, 2.24) is 20.3 Å². The second kappa shape index (κ2) is 8.83. The summed E-state index contributed by atoms with van der Waals surface area (Å²) in [6.07, 6.45) is 3.09. The first-order valence-corrected chi connectivity index (χ1v) is 8.76. The molecule has 2 aliphatic rings. The van der Waals surface area contributed by atoms with Crippen molar-refractivity contribution in [3.8, 4) is 0 Å². The Bertz CT molecular complexity index is 515. The second-order valence-corrected chi connectivity index (χ2v) is 6.88. The SMILES string of the molecule is Cc1noc(C)c1CN1CCN(C(=O)CC2CCCNC2)CC1.Cl. The minimum Gasteiger partial charge on any atom is -0.361 e. The van der Waals surface area contributed by atoms with Crippen LogP contribution in [0.4, 0.5) is 0 Å². The zero-order chi connectivity index (χ0) is 16.2. The summed E-state index contributed by atoms with van der Waals surface area (Å²) in [6, 6.07) is 0. The van der Waals surface area contributed by atoms with E-state index in [1.54, 1.807) is 0 Å². The maximum absolute atomic E-state index is 12.5. The summed E-state index contributed by atoms with van der Waals surface area (Å²) in [5.74, 6) is 1.76. The predicted molar refractivity (Wildman–Crippen MR) is 95.3 cm³/mol. The number of piperidine rings is 1. The van der Waals surface area contributed by atoms with Crippen LogP contribution in [0, 0.1) is 19.8 Å². The molecule has 0 radical (unpaired) electrons. The van der Waals surface area contributed by atoms with Crippen molar-refractivity contribution < 1.29 is 9.32 Å². The quantitative estimate of drug-likeness (QED) is 0.890. The van der Waals surface area contributed by atoms with Crippen LogP contribution in [0.2, 0.25) is 0 Å². The summed E-state index contributed by atoms with van der Waals surface area (Å²) in [4.78, 5) is 16.9. The number of piperazine rings is 1. The van der Waals surface area contributed by atoms with E-state index in [1.165, 1.54) is 18.4 Å². The van der Waals surface area contributed by atoms with E-state index in [-0.39, 0.29) is 12.4 Å². The summed E-state index contributed by atoms with van der Waals surface area (Å²) in [5, 5.41) is 7.41. The molecule has 1 N–H and O–H groups in total. The molecule has 0 aliphatic carbocycles. The average molecular weight is 357 g/mol. The third-order valence-electron chi connectivity index (χ3n) is 5.15. The molecule has 2 saturated heterocycles. The van der Waals surface area contributed by atoms with Gasteiger partial charge in [0, 0.05) is 44.7 Å². The van der Waals surface area contributed by atoms with E-state index < -0.39 is 0 Å². The molecule has 1 aromatic heterocycles. The third kappa shape index (κ3) is 4.71. The number of nitrogens with one attached hydrogen (secondary N) is 1. The average Bonchev–Trinajstić information content (AvgIpc) is 2.88. The van der Waals surface area contributed by atoms with Gasteiger partial charge in [-0.15, -0.1) is 12.4 Å². The van der Waals surface area contributed by atoms with Crippen molar-refractivity contribution in [2.45, 2.75) is 39.7 Å². The number of aromatic nitrogens is 1. The van der Waals surface area contributed by atoms with E-state index in [0.29, 0.717) is 18.2 Å². The van der Waals surface area contributed by atoms with E-state index in [1.807, 2.05) is 18.7 Å². The van der Waals surface area contributed by atoms with Gasteiger partial charge in [-0.3, -0.25) is 9.69 Å². The molecule has 3 rings (SSSR count). The Kier molecular flexibility index (Phi) is 7.07. The van der Waals surface area contributed by atoms with Crippen molar-refractivity contribution in [3.05, 3.63) is 17.0 Å². The van der Waals surface area contributed by atoms with Gasteiger partial charge >= 0.3 is 0 Å². The van der Waals surface area contributed by atoms with E-state index >= 15 is 0 Å². The Morgan fingerprint density at radius 3 is 2.62 bits per heavy atom. The fourth-order valence-corrected chi connectivity index (χ4v) is 3.58. The molecule has 3 heterocycles. The second-order valence-electron chi connectivity index (χ2n) is 6.88. The van der Waals surface area contributed by atoms with Gasteiger partial charge in [-0.05, 0) is 45.7 Å². The van der Waals surface area contributed by atoms with Crippen LogP contribution in [-0.4, -0.2) is 60.1 Å². The topological polar surface area (TPSA) is 61.6 Å². The molecule has 2 fully saturated rings. The first-order valence-electron chi connectivity index (χ1n) is 8.76. The molecule has 0 saturated carbocycles. The number of hydrogen-bond donors (Lipinski definition) is 1. The molecule has 0 aromatic carbocycles. The summed E-state index contributed by atoms with van der Waals surface area (Å²) in [5.41, 5.74) is 2.17. The lowest BCUT2D eigenvalue weighted by Crippen LogP contribution is -2.49. The Morgan fingerprint density at radius 1 is 1.29 bits per heavy atom. The molecule has 7 heteroatoms. The van der Waals surface area contributed by atoms with E-state index in [9.17, 15) is 4.79 Å². The summed E-state index contributed by atoms with van der Waals surface area (Å²) in [7, 11) is 0. The van der Waals surface area contributed by atoms with Crippen LogP contribution in [0.15, 0.2) is 4.52 Å². The van der Waals surface area contributed by atoms with Gasteiger partial charge in [0.2, 0.25) is 5.91 Å². The standard InChI is InChI=1S/C17H28N4O2.ClH/c1-13-16(14(2)23-19-13)12-20-6-8-21(9-7-20)17(22)10-15-4-3-5-18-11-15;/h15,18H,3-12H2,1-2H3;1H. The van der Waals surface area contributed by atoms with E-state index in [4.69, 9.17) is 4.52 Å². The van der Waals surface area contributed by atoms with Gasteiger partial charge < -0.3 is 14.7 Å². The van der Waals surface area contributed by atoms with Crippen LogP contribution in [0.1, 0.15) is 36.3 Å². The summed E-state index contributed by atoms with van der Waals surface area (Å²) in [6.45, 7) is 10.5. The number of rotatable bonds is 4. The minimum absolute atomic E-state index is 0. The maximum Gasteiger partial charge on any atom is 0.222 e. The van der Waals surface area contributed by atoms with E-state index in [0.717, 1.165) is 57.3 Å². The number of amides is 1. The monoisotopic (exact) mass is 356 g/mol. The van der Waals surface area contributed by atoms with Gasteiger partial charge in [0.15, 0.2) is 0 Å². The number of hydrogen-bond acceptors (Lipinski definition) is 5. The van der Waals surface area contributed by atoms with Crippen LogP contribution in [0.5, 0.6) is 0 Å². The molecule has 0 spiro atoms. The number of carbonyl (C=O) groups is 1. The molecule has 1 unspecified atom stereocenters. The highest BCUT2D eigenvalue weighted by Gasteiger charge is 2.25. The fourth-order valence-electron chi connectivity index (χ4n) is 3.58. The first-order chi connectivity index (χ1) is 11.1. The molecular formula is C17H29ClN4O2. The van der Waals surface area contributed by atoms with Crippen molar-refractivity contribution in [1.29, 1.82) is 0 Å². The number of halogens is 1. The van der Waals surface area contributed by atoms with Crippen molar-refractivity contribution in [2.24, 2.45) is 5.92 Å². The molecule has 0 bridgehead atoms. The van der Waals surface area contributed by atoms with Gasteiger partial charge in [0.25, 0.3) is 0 Å². The molecule has 1 amide bonds. The fraction of sp³-hybridized carbons (Fsp3) is 0.765. The molecule has 2 aliphatic heterocycles. The highest BCUT2D eigenvalue weighted by Crippen LogP contribution is 2.18. The van der Waals surface area contributed by atoms with Crippen LogP contribution in [0.3, 0.4) is 0 Å². The molecule has 24 heavy (non-hydrogen) atoms. The molecule has 6 nitrogen and oxygen atoms in total. The third-order valence-corrected chi connectivity index (χ3v) is 5.15. The van der Waals surface area contributed by atoms with Crippen LogP contribution >= 0.6 is 12.4 Å². The highest BCUT2D eigenvalue weighted by atomic mass is 35.5. The molecule has 136 valence electrons. The van der Waals surface area contributed by atoms with Crippen LogP contribution in [0.25, 0.3) is 0 Å². The number of nitrogens with zero attached hydrogens (tertiary/aromatic N) is 3. The van der Waals surface area contributed by atoms with Crippen LogP contribution in [-0.2, 0) is 11.3 Å². The van der Waals surface area contributed by atoms with E-state index in [2.05, 4.69) is 15.4 Å². The smallest absolute Gasteiger partial charge is 0.222 e. The van der Waals surface area contributed by atoms with Gasteiger partial charge in [-0.1, -0.05) is 5.16 Å². The molecular weight excluding hydrogens is 328 g/mol. The first kappa shape index (κ1) is 19.2. The Morgan fingerprint density at radius 2 is 2.04 bits per heavy atom. The largest absolute Gasteiger partial charge is 0.361 e. The Labute approximate surface area is 150 Å². The minimum atomic E-state index is 0. The predicted octanol–water partition coefficient (Wildman–Crippen LogP) is 1.75. The zero-order valence-corrected chi connectivity index (χ0v) is 15.5. The van der Waals surface area contributed by atoms with Gasteiger partial charge in [-0.2, -0.15) is 0 Å². The molecule has 1 atom stereocenters. The Balaban J connectivity index is 0.00000208. The number of carbonyl (C=O) groups excluding carboxylic acids is 1. The van der Waals surface area contributed by atoms with Gasteiger partial charge in [-0.25, -0.2) is 0 Å². The summed E-state index contributed by atoms with van der Waals surface area (Å²) < 4.78 is 5.23. The molecule has 1 aromatic rings. The normalized spacial score (nSPS) is 22.2. The number of aryl methyl sites for hydroxylation is 2. The Hall–Kier alpha value is -1.11. The summed E-state index contributed by atoms with van der Waals surface area (Å²) >= 11 is 0. The van der Waals surface area contributed by atoms with Crippen molar-refractivity contribution in [3.63, 3.8) is 0 Å². The van der Waals surface area contributed by atoms with Gasteiger partial charge in [0.05, 0.1) is 5.69 Å². The zero-order valence-electron chi connectivity index (χ0n) is 14.7. The van der Waals surface area contributed by atoms with Crippen LogP contribution < -0.4 is 5.32 Å².